The van der Waals surface area contributed by atoms with Gasteiger partial charge in [-0.1, -0.05) is 31.5 Å². The number of methoxy groups -OCH3 is 2. The van der Waals surface area contributed by atoms with E-state index in [0.717, 1.165) is 17.5 Å². The lowest BCUT2D eigenvalue weighted by molar-refractivity contribution is 0.261. The molecule has 3 N–H and O–H groups in total. The average Bonchev–Trinajstić information content (AvgIpc) is 2.71. The van der Waals surface area contributed by atoms with Crippen LogP contribution in [-0.4, -0.2) is 38.3 Å². The predicted molar refractivity (Wildman–Crippen MR) is 116 cm³/mol. The summed E-state index contributed by atoms with van der Waals surface area (Å²) in [6.45, 7) is 5.73. The van der Waals surface area contributed by atoms with Crippen LogP contribution in [0.1, 0.15) is 25.0 Å². The standard InChI is InChI=1S/C21H29ClN4O3/c1-14(2)13-29-20-17(22)9-16(11-25-20)12-26-21(23)24-8-7-15-5-6-18(27-3)19(10-15)28-4/h5-6,9-11,14H,7-8,12-13H2,1-4H3,(H3,23,24,26). The number of nitrogens with two attached hydrogens (primary N) is 1. The molecule has 0 radical (unpaired) electrons. The van der Waals surface area contributed by atoms with Crippen molar-refractivity contribution in [1.29, 1.82) is 0 Å². The lowest BCUT2D eigenvalue weighted by Gasteiger charge is -2.11. The van der Waals surface area contributed by atoms with Crippen LogP contribution in [0.15, 0.2) is 35.5 Å². The first-order chi connectivity index (χ1) is 13.9. The first-order valence-electron chi connectivity index (χ1n) is 9.44. The van der Waals surface area contributed by atoms with E-state index in [1.165, 1.54) is 0 Å². The molecule has 8 heteroatoms. The summed E-state index contributed by atoms with van der Waals surface area (Å²) in [7, 11) is 3.24. The third-order valence-electron chi connectivity index (χ3n) is 4.02. The lowest BCUT2D eigenvalue weighted by atomic mass is 10.1. The maximum Gasteiger partial charge on any atom is 0.232 e. The Morgan fingerprint density at radius 2 is 1.93 bits per heavy atom. The van der Waals surface area contributed by atoms with E-state index >= 15 is 0 Å². The van der Waals surface area contributed by atoms with Gasteiger partial charge in [0, 0.05) is 12.7 Å². The summed E-state index contributed by atoms with van der Waals surface area (Å²) < 4.78 is 16.1. The molecule has 0 unspecified atom stereocenters. The van der Waals surface area contributed by atoms with E-state index in [1.54, 1.807) is 26.5 Å². The van der Waals surface area contributed by atoms with Crippen molar-refractivity contribution < 1.29 is 14.2 Å². The maximum absolute atomic E-state index is 6.22. The Bertz CT molecular complexity index is 828. The SMILES string of the molecule is COc1ccc(CCNC(N)=NCc2cnc(OCC(C)C)c(Cl)c2)cc1OC. The molecule has 0 atom stereocenters. The van der Waals surface area contributed by atoms with Crippen molar-refractivity contribution >= 4 is 17.6 Å². The zero-order chi connectivity index (χ0) is 21.2. The van der Waals surface area contributed by atoms with Crippen LogP contribution in [0.4, 0.5) is 0 Å². The second kappa shape index (κ2) is 11.4. The van der Waals surface area contributed by atoms with Gasteiger partial charge in [0.25, 0.3) is 0 Å². The van der Waals surface area contributed by atoms with E-state index < -0.39 is 0 Å². The van der Waals surface area contributed by atoms with E-state index in [2.05, 4.69) is 29.1 Å². The minimum Gasteiger partial charge on any atom is -0.493 e. The van der Waals surface area contributed by atoms with E-state index in [9.17, 15) is 0 Å². The van der Waals surface area contributed by atoms with Crippen LogP contribution in [0.5, 0.6) is 17.4 Å². The Labute approximate surface area is 177 Å². The molecule has 158 valence electrons. The van der Waals surface area contributed by atoms with Gasteiger partial charge >= 0.3 is 0 Å². The van der Waals surface area contributed by atoms with Crippen molar-refractivity contribution in [2.75, 3.05) is 27.4 Å². The Balaban J connectivity index is 1.84. The van der Waals surface area contributed by atoms with Crippen molar-refractivity contribution in [2.45, 2.75) is 26.8 Å². The molecular formula is C21H29ClN4O3. The van der Waals surface area contributed by atoms with Crippen molar-refractivity contribution in [2.24, 2.45) is 16.6 Å². The first-order valence-corrected chi connectivity index (χ1v) is 9.82. The summed E-state index contributed by atoms with van der Waals surface area (Å²) in [5.41, 5.74) is 7.92. The van der Waals surface area contributed by atoms with Crippen molar-refractivity contribution in [1.82, 2.24) is 10.3 Å². The zero-order valence-corrected chi connectivity index (χ0v) is 18.1. The van der Waals surface area contributed by atoms with Gasteiger partial charge in [-0.05, 0) is 41.7 Å². The molecule has 0 aliphatic heterocycles. The molecule has 2 aromatic rings. The Hall–Kier alpha value is -2.67. The Morgan fingerprint density at radius 3 is 2.59 bits per heavy atom. The number of aromatic nitrogens is 1. The highest BCUT2D eigenvalue weighted by Gasteiger charge is 2.07. The molecule has 2 rings (SSSR count). The Kier molecular flexibility index (Phi) is 8.86. The molecule has 0 saturated heterocycles. The van der Waals surface area contributed by atoms with Crippen LogP contribution in [0, 0.1) is 5.92 Å². The fraction of sp³-hybridized carbons (Fsp3) is 0.429. The molecule has 0 amide bonds. The number of ether oxygens (including phenoxy) is 3. The predicted octanol–water partition coefficient (Wildman–Crippen LogP) is 3.43. The van der Waals surface area contributed by atoms with Gasteiger partial charge in [-0.15, -0.1) is 0 Å². The molecule has 0 aliphatic carbocycles. The van der Waals surface area contributed by atoms with Crippen LogP contribution in [0.2, 0.25) is 5.02 Å². The second-order valence-electron chi connectivity index (χ2n) is 6.90. The van der Waals surface area contributed by atoms with Crippen LogP contribution in [-0.2, 0) is 13.0 Å². The molecular weight excluding hydrogens is 392 g/mol. The van der Waals surface area contributed by atoms with Gasteiger partial charge in [0.1, 0.15) is 5.02 Å². The quantitative estimate of drug-likeness (QED) is 0.452. The molecule has 1 aromatic carbocycles. The van der Waals surface area contributed by atoms with Gasteiger partial charge in [-0.2, -0.15) is 0 Å². The first kappa shape index (κ1) is 22.6. The van der Waals surface area contributed by atoms with Crippen LogP contribution >= 0.6 is 11.6 Å². The molecule has 0 spiro atoms. The van der Waals surface area contributed by atoms with Gasteiger partial charge in [-0.3, -0.25) is 0 Å². The highest BCUT2D eigenvalue weighted by atomic mass is 35.5. The monoisotopic (exact) mass is 420 g/mol. The molecule has 0 bridgehead atoms. The molecule has 0 fully saturated rings. The number of nitrogens with zero attached hydrogens (tertiary/aromatic N) is 2. The van der Waals surface area contributed by atoms with Gasteiger partial charge in [0.15, 0.2) is 17.5 Å². The lowest BCUT2D eigenvalue weighted by Crippen LogP contribution is -2.33. The van der Waals surface area contributed by atoms with Crippen molar-refractivity contribution in [3.05, 3.63) is 46.6 Å². The molecule has 0 saturated carbocycles. The number of rotatable bonds is 10. The molecule has 1 heterocycles. The highest BCUT2D eigenvalue weighted by Crippen LogP contribution is 2.27. The average molecular weight is 421 g/mol. The molecule has 7 nitrogen and oxygen atoms in total. The Morgan fingerprint density at radius 1 is 1.17 bits per heavy atom. The summed E-state index contributed by atoms with van der Waals surface area (Å²) in [4.78, 5) is 8.58. The highest BCUT2D eigenvalue weighted by molar-refractivity contribution is 6.31. The topological polar surface area (TPSA) is 91.0 Å². The number of pyridine rings is 1. The summed E-state index contributed by atoms with van der Waals surface area (Å²) in [5, 5.41) is 3.57. The third kappa shape index (κ3) is 7.34. The molecule has 1 aromatic heterocycles. The summed E-state index contributed by atoms with van der Waals surface area (Å²) in [6, 6.07) is 7.62. The number of aliphatic imine (C=N–C) groups is 1. The van der Waals surface area contributed by atoms with E-state index in [0.29, 0.717) is 54.0 Å². The number of hydrogen-bond donors (Lipinski definition) is 2. The summed E-state index contributed by atoms with van der Waals surface area (Å²) in [5.74, 6) is 2.62. The van der Waals surface area contributed by atoms with Gasteiger partial charge in [-0.25, -0.2) is 9.98 Å². The fourth-order valence-electron chi connectivity index (χ4n) is 2.51. The van der Waals surface area contributed by atoms with Gasteiger partial charge < -0.3 is 25.3 Å². The number of guanidine groups is 1. The number of nitrogens with one attached hydrogen (secondary N) is 1. The minimum atomic E-state index is 0.363. The largest absolute Gasteiger partial charge is 0.493 e. The smallest absolute Gasteiger partial charge is 0.232 e. The molecule has 0 aliphatic rings. The number of halogens is 1. The number of hydrogen-bond acceptors (Lipinski definition) is 5. The summed E-state index contributed by atoms with van der Waals surface area (Å²) >= 11 is 6.22. The van der Waals surface area contributed by atoms with Crippen LogP contribution < -0.4 is 25.3 Å². The zero-order valence-electron chi connectivity index (χ0n) is 17.4. The summed E-state index contributed by atoms with van der Waals surface area (Å²) in [6.07, 6.45) is 2.47. The molecule has 29 heavy (non-hydrogen) atoms. The van der Waals surface area contributed by atoms with Gasteiger partial charge in [0.2, 0.25) is 5.88 Å². The fourth-order valence-corrected chi connectivity index (χ4v) is 2.75. The van der Waals surface area contributed by atoms with Crippen LogP contribution in [0.25, 0.3) is 0 Å². The maximum atomic E-state index is 6.22. The van der Waals surface area contributed by atoms with Crippen molar-refractivity contribution in [3.63, 3.8) is 0 Å². The third-order valence-corrected chi connectivity index (χ3v) is 4.29. The van der Waals surface area contributed by atoms with Crippen LogP contribution in [0.3, 0.4) is 0 Å². The number of benzene rings is 1. The van der Waals surface area contributed by atoms with E-state index in [1.807, 2.05) is 18.2 Å². The van der Waals surface area contributed by atoms with E-state index in [4.69, 9.17) is 31.5 Å². The van der Waals surface area contributed by atoms with Crippen molar-refractivity contribution in [3.8, 4) is 17.4 Å². The second-order valence-corrected chi connectivity index (χ2v) is 7.31. The normalized spacial score (nSPS) is 11.4. The van der Waals surface area contributed by atoms with Gasteiger partial charge in [0.05, 0.1) is 27.4 Å². The minimum absolute atomic E-state index is 0.363. The van der Waals surface area contributed by atoms with E-state index in [-0.39, 0.29) is 0 Å².